The number of aliphatic hydroxyl groups excluding tert-OH is 2. The van der Waals surface area contributed by atoms with Crippen molar-refractivity contribution in [3.05, 3.63) is 12.7 Å². The maximum Gasteiger partial charge on any atom is 0.167 e. The van der Waals surface area contributed by atoms with Gasteiger partial charge in [0.2, 0.25) is 0 Å². The Morgan fingerprint density at radius 2 is 2.00 bits per heavy atom. The van der Waals surface area contributed by atoms with Crippen molar-refractivity contribution in [1.82, 2.24) is 24.9 Å². The van der Waals surface area contributed by atoms with Gasteiger partial charge in [-0.15, -0.1) is 0 Å². The van der Waals surface area contributed by atoms with E-state index in [9.17, 15) is 10.2 Å². The highest BCUT2D eigenvalue weighted by atomic mass is 17.3. The number of ether oxygens (including phenoxy) is 1. The second kappa shape index (κ2) is 8.18. The molecule has 2 aromatic heterocycles. The summed E-state index contributed by atoms with van der Waals surface area (Å²) in [4.78, 5) is 20.9. The molecule has 0 spiro atoms. The number of hydrogen-bond donors (Lipinski definition) is 5. The zero-order valence-electron chi connectivity index (χ0n) is 14.8. The topological polar surface area (TPSA) is 167 Å². The first-order valence-corrected chi connectivity index (χ1v) is 8.97. The van der Waals surface area contributed by atoms with E-state index in [1.165, 1.54) is 30.1 Å². The summed E-state index contributed by atoms with van der Waals surface area (Å²) in [6, 6.07) is 0.343. The van der Waals surface area contributed by atoms with Gasteiger partial charge in [-0.3, -0.25) is 9.77 Å². The second-order valence-electron chi connectivity index (χ2n) is 6.83. The Kier molecular flexibility index (Phi) is 5.65. The average Bonchev–Trinajstić information content (AvgIpc) is 3.42. The number of aromatic nitrogens is 4. The van der Waals surface area contributed by atoms with Crippen LogP contribution in [0.25, 0.3) is 11.2 Å². The van der Waals surface area contributed by atoms with Gasteiger partial charge in [-0.25, -0.2) is 25.0 Å². The molecular weight excluding hydrogens is 376 g/mol. The first-order valence-electron chi connectivity index (χ1n) is 8.97. The SMILES string of the molecule is OON(O)OC[C@H]1O[C@@H](n2cnc3c(NC4CCCC4)ncnc32)[C@H](O)[C@@H]1O. The van der Waals surface area contributed by atoms with Crippen LogP contribution in [0.3, 0.4) is 0 Å². The molecule has 4 atom stereocenters. The molecule has 1 saturated heterocycles. The molecule has 4 rings (SSSR count). The number of nitrogens with zero attached hydrogens (tertiary/aromatic N) is 5. The molecule has 0 amide bonds. The highest BCUT2D eigenvalue weighted by Crippen LogP contribution is 2.33. The molecule has 0 bridgehead atoms. The van der Waals surface area contributed by atoms with E-state index in [-0.39, 0.29) is 12.0 Å². The van der Waals surface area contributed by atoms with Crippen LogP contribution in [0.15, 0.2) is 12.7 Å². The molecule has 3 heterocycles. The molecule has 154 valence electrons. The van der Waals surface area contributed by atoms with Crippen molar-refractivity contribution in [2.75, 3.05) is 11.9 Å². The largest absolute Gasteiger partial charge is 0.387 e. The van der Waals surface area contributed by atoms with E-state index < -0.39 is 24.5 Å². The smallest absolute Gasteiger partial charge is 0.167 e. The molecular formula is C15H22N6O7. The van der Waals surface area contributed by atoms with Gasteiger partial charge in [0.25, 0.3) is 0 Å². The Bertz CT molecular complexity index is 800. The summed E-state index contributed by atoms with van der Waals surface area (Å²) in [6.45, 7) is -0.387. The maximum absolute atomic E-state index is 10.4. The molecule has 13 heteroatoms. The fraction of sp³-hybridized carbons (Fsp3) is 0.667. The lowest BCUT2D eigenvalue weighted by Crippen LogP contribution is -2.35. The van der Waals surface area contributed by atoms with Gasteiger partial charge in [-0.2, -0.15) is 0 Å². The van der Waals surface area contributed by atoms with Gasteiger partial charge >= 0.3 is 0 Å². The minimum atomic E-state index is -1.31. The average molecular weight is 398 g/mol. The molecule has 0 radical (unpaired) electrons. The zero-order chi connectivity index (χ0) is 19.7. The molecule has 1 aliphatic carbocycles. The predicted octanol–water partition coefficient (Wildman–Crippen LogP) is -0.173. The van der Waals surface area contributed by atoms with E-state index in [0.717, 1.165) is 12.8 Å². The van der Waals surface area contributed by atoms with Crippen molar-refractivity contribution < 1.29 is 35.2 Å². The van der Waals surface area contributed by atoms with Gasteiger partial charge in [0.15, 0.2) is 23.2 Å². The number of aliphatic hydroxyl groups is 2. The first kappa shape index (κ1) is 19.4. The molecule has 2 fully saturated rings. The van der Waals surface area contributed by atoms with Gasteiger partial charge in [-0.1, -0.05) is 17.8 Å². The van der Waals surface area contributed by atoms with Crippen LogP contribution in [0.1, 0.15) is 31.9 Å². The molecule has 0 unspecified atom stereocenters. The van der Waals surface area contributed by atoms with Crippen LogP contribution < -0.4 is 5.32 Å². The molecule has 2 aromatic rings. The minimum Gasteiger partial charge on any atom is -0.387 e. The molecule has 1 saturated carbocycles. The van der Waals surface area contributed by atoms with Gasteiger partial charge in [0.05, 0.1) is 6.33 Å². The maximum atomic E-state index is 10.4. The Morgan fingerprint density at radius 1 is 1.21 bits per heavy atom. The van der Waals surface area contributed by atoms with Crippen molar-refractivity contribution in [2.24, 2.45) is 0 Å². The monoisotopic (exact) mass is 398 g/mol. The van der Waals surface area contributed by atoms with Crippen LogP contribution in [0.5, 0.6) is 0 Å². The van der Waals surface area contributed by atoms with Crippen molar-refractivity contribution in [2.45, 2.75) is 56.3 Å². The Hall–Kier alpha value is -1.97. The van der Waals surface area contributed by atoms with E-state index in [2.05, 4.69) is 30.1 Å². The van der Waals surface area contributed by atoms with E-state index >= 15 is 0 Å². The van der Waals surface area contributed by atoms with Crippen molar-refractivity contribution >= 4 is 17.0 Å². The van der Waals surface area contributed by atoms with Gasteiger partial charge in [0.1, 0.15) is 36.6 Å². The Balaban J connectivity index is 1.53. The Morgan fingerprint density at radius 3 is 2.75 bits per heavy atom. The fourth-order valence-corrected chi connectivity index (χ4v) is 3.66. The van der Waals surface area contributed by atoms with Crippen LogP contribution in [-0.2, 0) is 14.6 Å². The normalized spacial score (nSPS) is 28.6. The number of hydrogen-bond acceptors (Lipinski definition) is 12. The highest BCUT2D eigenvalue weighted by Gasteiger charge is 2.44. The molecule has 13 nitrogen and oxygen atoms in total. The van der Waals surface area contributed by atoms with Crippen LogP contribution in [0.4, 0.5) is 5.82 Å². The van der Waals surface area contributed by atoms with Crippen molar-refractivity contribution in [3.63, 3.8) is 0 Å². The summed E-state index contributed by atoms with van der Waals surface area (Å²) in [6.07, 6.45) is 2.77. The molecule has 2 aliphatic rings. The summed E-state index contributed by atoms with van der Waals surface area (Å²) in [5, 5.41) is 40.8. The van der Waals surface area contributed by atoms with Crippen LogP contribution >= 0.6 is 0 Å². The van der Waals surface area contributed by atoms with E-state index in [1.54, 1.807) is 0 Å². The molecule has 0 aromatic carbocycles. The lowest BCUT2D eigenvalue weighted by atomic mass is 10.1. The molecule has 5 N–H and O–H groups in total. The lowest BCUT2D eigenvalue weighted by Gasteiger charge is -2.17. The highest BCUT2D eigenvalue weighted by molar-refractivity contribution is 5.82. The number of fused-ring (bicyclic) bond motifs is 1. The standard InChI is InChI=1S/C15H22N6O7/c22-11-9(5-26-21(24)28-25)27-15(12(11)23)20-7-18-10-13(16-6-17-14(10)20)19-8-3-1-2-4-8/h6-9,11-12,15,22-25H,1-5H2,(H,16,17,19)/t9-,11-,12-,15-/m1/s1. The quantitative estimate of drug-likeness (QED) is 0.309. The van der Waals surface area contributed by atoms with E-state index in [4.69, 9.17) is 15.2 Å². The number of imidazole rings is 1. The number of rotatable bonds is 7. The van der Waals surface area contributed by atoms with Gasteiger partial charge in [-0.05, 0) is 12.8 Å². The summed E-state index contributed by atoms with van der Waals surface area (Å²) in [7, 11) is 0. The number of anilines is 1. The first-order chi connectivity index (χ1) is 13.6. The van der Waals surface area contributed by atoms with E-state index in [0.29, 0.717) is 23.0 Å². The minimum absolute atomic E-state index is 0.295. The fourth-order valence-electron chi connectivity index (χ4n) is 3.66. The zero-order valence-corrected chi connectivity index (χ0v) is 14.8. The third-order valence-corrected chi connectivity index (χ3v) is 5.09. The van der Waals surface area contributed by atoms with Crippen LogP contribution in [-0.4, -0.2) is 76.5 Å². The molecule has 28 heavy (non-hydrogen) atoms. The van der Waals surface area contributed by atoms with Gasteiger partial charge in [0, 0.05) is 6.04 Å². The van der Waals surface area contributed by atoms with E-state index in [1.807, 2.05) is 0 Å². The third kappa shape index (κ3) is 3.66. The Labute approximate surface area is 158 Å². The summed E-state index contributed by atoms with van der Waals surface area (Å²) >= 11 is 0. The third-order valence-electron chi connectivity index (χ3n) is 5.09. The summed E-state index contributed by atoms with van der Waals surface area (Å²) in [5.74, 6) is 0.611. The summed E-state index contributed by atoms with van der Waals surface area (Å²) in [5.41, 5.74) is 0.977. The van der Waals surface area contributed by atoms with Crippen LogP contribution in [0.2, 0.25) is 0 Å². The van der Waals surface area contributed by atoms with Gasteiger partial charge < -0.3 is 20.3 Å². The second-order valence-corrected chi connectivity index (χ2v) is 6.83. The number of nitrogens with one attached hydrogen (secondary N) is 1. The predicted molar refractivity (Wildman–Crippen MR) is 90.4 cm³/mol. The van der Waals surface area contributed by atoms with Crippen LogP contribution in [0, 0.1) is 0 Å². The lowest BCUT2D eigenvalue weighted by molar-refractivity contribution is -0.607. The molecule has 1 aliphatic heterocycles. The summed E-state index contributed by atoms with van der Waals surface area (Å²) < 4.78 is 7.15. The van der Waals surface area contributed by atoms with Crippen molar-refractivity contribution in [1.29, 1.82) is 0 Å². The van der Waals surface area contributed by atoms with Crippen molar-refractivity contribution in [3.8, 4) is 0 Å².